The van der Waals surface area contributed by atoms with Crippen LogP contribution in [-0.2, 0) is 4.79 Å². The van der Waals surface area contributed by atoms with Gasteiger partial charge in [-0.1, -0.05) is 30.0 Å². The number of allylic oxidation sites excluding steroid dienone is 1. The summed E-state index contributed by atoms with van der Waals surface area (Å²) in [6, 6.07) is 3.39. The highest BCUT2D eigenvalue weighted by atomic mass is 32.2. The first-order valence-corrected chi connectivity index (χ1v) is 6.08. The van der Waals surface area contributed by atoms with Gasteiger partial charge in [0.25, 0.3) is 0 Å². The van der Waals surface area contributed by atoms with E-state index in [9.17, 15) is 9.59 Å². The predicted octanol–water partition coefficient (Wildman–Crippen LogP) is 2.46. The standard InChI is InChI=1S/C12H13NO3S/c1-9(14)17-8-3-2-5-10-6-4-7-13-11(10)12(15)16/h2,4-7H,3,8H2,1H3,(H,15,16). The van der Waals surface area contributed by atoms with E-state index >= 15 is 0 Å². The monoisotopic (exact) mass is 251 g/mol. The van der Waals surface area contributed by atoms with Gasteiger partial charge in [0.05, 0.1) is 0 Å². The van der Waals surface area contributed by atoms with Crippen LogP contribution in [0.1, 0.15) is 29.4 Å². The van der Waals surface area contributed by atoms with E-state index in [2.05, 4.69) is 4.98 Å². The average molecular weight is 251 g/mol. The Bertz CT molecular complexity index is 443. The molecule has 0 aromatic carbocycles. The number of hydrogen-bond acceptors (Lipinski definition) is 4. The quantitative estimate of drug-likeness (QED) is 0.814. The van der Waals surface area contributed by atoms with Crippen LogP contribution in [0.3, 0.4) is 0 Å². The molecule has 1 N–H and O–H groups in total. The summed E-state index contributed by atoms with van der Waals surface area (Å²) in [5.74, 6) is -0.336. The number of carboxylic acid groups (broad SMARTS) is 1. The first-order valence-electron chi connectivity index (χ1n) is 5.09. The van der Waals surface area contributed by atoms with Crippen molar-refractivity contribution in [2.75, 3.05) is 5.75 Å². The third-order valence-electron chi connectivity index (χ3n) is 1.93. The predicted molar refractivity (Wildman–Crippen MR) is 68.0 cm³/mol. The first-order chi connectivity index (χ1) is 8.11. The third kappa shape index (κ3) is 4.82. The molecule has 5 heteroatoms. The van der Waals surface area contributed by atoms with E-state index in [0.717, 1.165) is 6.42 Å². The number of hydrogen-bond donors (Lipinski definition) is 1. The van der Waals surface area contributed by atoms with Gasteiger partial charge in [0, 0.05) is 24.4 Å². The van der Waals surface area contributed by atoms with Gasteiger partial charge in [0.2, 0.25) is 0 Å². The largest absolute Gasteiger partial charge is 0.476 e. The van der Waals surface area contributed by atoms with Crippen LogP contribution in [0.25, 0.3) is 6.08 Å². The van der Waals surface area contributed by atoms with Gasteiger partial charge in [-0.3, -0.25) is 4.79 Å². The molecule has 0 saturated heterocycles. The van der Waals surface area contributed by atoms with E-state index < -0.39 is 5.97 Å². The molecule has 17 heavy (non-hydrogen) atoms. The second-order valence-electron chi connectivity index (χ2n) is 3.28. The fourth-order valence-corrected chi connectivity index (χ4v) is 1.75. The number of pyridine rings is 1. The van der Waals surface area contributed by atoms with Crippen LogP contribution in [0.15, 0.2) is 24.4 Å². The number of thioether (sulfide) groups is 1. The smallest absolute Gasteiger partial charge is 0.355 e. The van der Waals surface area contributed by atoms with E-state index in [1.165, 1.54) is 24.9 Å². The lowest BCUT2D eigenvalue weighted by molar-refractivity contribution is -0.109. The topological polar surface area (TPSA) is 67.3 Å². The highest BCUT2D eigenvalue weighted by Crippen LogP contribution is 2.10. The van der Waals surface area contributed by atoms with Gasteiger partial charge in [-0.2, -0.15) is 0 Å². The zero-order valence-electron chi connectivity index (χ0n) is 9.42. The number of aromatic carboxylic acids is 1. The van der Waals surface area contributed by atoms with Gasteiger partial charge in [0.1, 0.15) is 0 Å². The summed E-state index contributed by atoms with van der Waals surface area (Å²) in [5.41, 5.74) is 0.621. The van der Waals surface area contributed by atoms with Gasteiger partial charge in [-0.25, -0.2) is 9.78 Å². The van der Waals surface area contributed by atoms with E-state index in [0.29, 0.717) is 11.3 Å². The Morgan fingerprint density at radius 1 is 1.53 bits per heavy atom. The Kier molecular flexibility index (Phi) is 5.42. The van der Waals surface area contributed by atoms with Crippen molar-refractivity contribution in [2.24, 2.45) is 0 Å². The Hall–Kier alpha value is -1.62. The molecule has 0 spiro atoms. The molecular weight excluding hydrogens is 238 g/mol. The van der Waals surface area contributed by atoms with Crippen LogP contribution in [0.5, 0.6) is 0 Å². The number of aromatic nitrogens is 1. The molecular formula is C12H13NO3S. The van der Waals surface area contributed by atoms with Crippen LogP contribution in [-0.4, -0.2) is 26.9 Å². The van der Waals surface area contributed by atoms with Crippen LogP contribution in [0, 0.1) is 0 Å². The van der Waals surface area contributed by atoms with Crippen molar-refractivity contribution in [1.82, 2.24) is 4.98 Å². The second-order valence-corrected chi connectivity index (χ2v) is 4.55. The molecule has 0 unspecified atom stereocenters. The Labute approximate surface area is 104 Å². The van der Waals surface area contributed by atoms with E-state index in [1.54, 1.807) is 18.2 Å². The molecule has 0 aliphatic heterocycles. The van der Waals surface area contributed by atoms with Gasteiger partial charge >= 0.3 is 5.97 Å². The highest BCUT2D eigenvalue weighted by Gasteiger charge is 2.07. The SMILES string of the molecule is CC(=O)SCCC=Cc1cccnc1C(=O)O. The van der Waals surface area contributed by atoms with Crippen LogP contribution < -0.4 is 0 Å². The summed E-state index contributed by atoms with van der Waals surface area (Å²) in [7, 11) is 0. The summed E-state index contributed by atoms with van der Waals surface area (Å²) in [5, 5.41) is 8.98. The zero-order chi connectivity index (χ0) is 12.7. The van der Waals surface area contributed by atoms with Crippen molar-refractivity contribution < 1.29 is 14.7 Å². The Morgan fingerprint density at radius 2 is 2.29 bits per heavy atom. The molecule has 1 aromatic heterocycles. The van der Waals surface area contributed by atoms with Crippen molar-refractivity contribution in [3.05, 3.63) is 35.7 Å². The van der Waals surface area contributed by atoms with Crippen molar-refractivity contribution in [3.8, 4) is 0 Å². The van der Waals surface area contributed by atoms with Gasteiger partial charge < -0.3 is 5.11 Å². The van der Waals surface area contributed by atoms with Crippen LogP contribution >= 0.6 is 11.8 Å². The Morgan fingerprint density at radius 3 is 2.94 bits per heavy atom. The molecule has 0 atom stereocenters. The highest BCUT2D eigenvalue weighted by molar-refractivity contribution is 8.13. The van der Waals surface area contributed by atoms with Crippen LogP contribution in [0.4, 0.5) is 0 Å². The molecule has 0 saturated carbocycles. The Balaban J connectivity index is 2.59. The van der Waals surface area contributed by atoms with Crippen LogP contribution in [0.2, 0.25) is 0 Å². The fourth-order valence-electron chi connectivity index (χ4n) is 1.21. The summed E-state index contributed by atoms with van der Waals surface area (Å²) in [6.45, 7) is 1.53. The number of carbonyl (C=O) groups excluding carboxylic acids is 1. The zero-order valence-corrected chi connectivity index (χ0v) is 10.2. The molecule has 0 aliphatic carbocycles. The minimum absolute atomic E-state index is 0.0444. The number of carboxylic acids is 1. The van der Waals surface area contributed by atoms with Gasteiger partial charge in [0.15, 0.2) is 10.8 Å². The van der Waals surface area contributed by atoms with E-state index in [4.69, 9.17) is 5.11 Å². The van der Waals surface area contributed by atoms with E-state index in [-0.39, 0.29) is 10.8 Å². The number of nitrogens with zero attached hydrogens (tertiary/aromatic N) is 1. The number of rotatable bonds is 5. The number of carbonyl (C=O) groups is 2. The molecule has 1 aromatic rings. The van der Waals surface area contributed by atoms with Crippen molar-refractivity contribution in [2.45, 2.75) is 13.3 Å². The lowest BCUT2D eigenvalue weighted by Gasteiger charge is -1.98. The normalized spacial score (nSPS) is 10.6. The average Bonchev–Trinajstić information content (AvgIpc) is 2.28. The maximum Gasteiger partial charge on any atom is 0.355 e. The second kappa shape index (κ2) is 6.85. The molecule has 1 heterocycles. The van der Waals surface area contributed by atoms with Crippen molar-refractivity contribution >= 4 is 28.9 Å². The summed E-state index contributed by atoms with van der Waals surface area (Å²) in [4.78, 5) is 25.3. The van der Waals surface area contributed by atoms with Gasteiger partial charge in [-0.15, -0.1) is 0 Å². The minimum Gasteiger partial charge on any atom is -0.476 e. The first kappa shape index (κ1) is 13.4. The maximum atomic E-state index is 10.9. The molecule has 90 valence electrons. The molecule has 4 nitrogen and oxygen atoms in total. The van der Waals surface area contributed by atoms with E-state index in [1.807, 2.05) is 6.08 Å². The van der Waals surface area contributed by atoms with Crippen molar-refractivity contribution in [3.63, 3.8) is 0 Å². The summed E-state index contributed by atoms with van der Waals surface area (Å²) < 4.78 is 0. The van der Waals surface area contributed by atoms with Crippen molar-refractivity contribution in [1.29, 1.82) is 0 Å². The maximum absolute atomic E-state index is 10.9. The lowest BCUT2D eigenvalue weighted by atomic mass is 10.1. The summed E-state index contributed by atoms with van der Waals surface area (Å²) >= 11 is 1.25. The molecule has 0 bridgehead atoms. The fraction of sp³-hybridized carbons (Fsp3) is 0.250. The molecule has 0 fully saturated rings. The molecule has 1 rings (SSSR count). The van der Waals surface area contributed by atoms with Gasteiger partial charge in [-0.05, 0) is 12.5 Å². The minimum atomic E-state index is -1.04. The summed E-state index contributed by atoms with van der Waals surface area (Å²) in [6.07, 6.45) is 5.74. The lowest BCUT2D eigenvalue weighted by Crippen LogP contribution is -2.02. The third-order valence-corrected chi connectivity index (χ3v) is 2.78. The molecule has 0 radical (unpaired) electrons. The molecule has 0 amide bonds. The molecule has 0 aliphatic rings.